The molecule has 12 nitrogen and oxygen atoms in total. The summed E-state index contributed by atoms with van der Waals surface area (Å²) in [5, 5.41) is 14.6. The Morgan fingerprint density at radius 2 is 1.98 bits per heavy atom. The fourth-order valence-electron chi connectivity index (χ4n) is 4.55. The van der Waals surface area contributed by atoms with Crippen LogP contribution in [0.4, 0.5) is 19.0 Å². The normalized spacial score (nSPS) is 19.4. The molecule has 1 amide bonds. The van der Waals surface area contributed by atoms with Crippen LogP contribution in [0.1, 0.15) is 57.7 Å². The second-order valence-electron chi connectivity index (χ2n) is 9.81. The number of imidazole rings is 1. The second-order valence-corrected chi connectivity index (χ2v) is 9.81. The predicted octanol–water partition coefficient (Wildman–Crippen LogP) is 3.61. The van der Waals surface area contributed by atoms with E-state index in [9.17, 15) is 27.9 Å². The first-order valence-electron chi connectivity index (χ1n) is 13.6. The SMILES string of the molecule is CCCCCC(NC(=O)C(F)(F)F)Nc1nc(OCc2ccccc2)nc2c1ncn2[C@H]1CC(OC(C)=O)[C@@H](CO)O1. The van der Waals surface area contributed by atoms with Gasteiger partial charge in [-0.3, -0.25) is 14.2 Å². The number of hydrogen-bond acceptors (Lipinski definition) is 10. The summed E-state index contributed by atoms with van der Waals surface area (Å²) >= 11 is 0. The summed E-state index contributed by atoms with van der Waals surface area (Å²) in [6.45, 7) is 2.91. The molecule has 3 aromatic rings. The van der Waals surface area contributed by atoms with Gasteiger partial charge in [0.25, 0.3) is 0 Å². The molecule has 0 radical (unpaired) electrons. The Balaban J connectivity index is 1.68. The van der Waals surface area contributed by atoms with E-state index < -0.39 is 49.3 Å². The smallest absolute Gasteiger partial charge is 0.460 e. The molecule has 1 aliphatic rings. The third kappa shape index (κ3) is 7.85. The number of ether oxygens (including phenoxy) is 3. The van der Waals surface area contributed by atoms with Crippen LogP contribution >= 0.6 is 0 Å². The first kappa shape index (κ1) is 31.0. The van der Waals surface area contributed by atoms with Crippen molar-refractivity contribution >= 4 is 28.9 Å². The Morgan fingerprint density at radius 3 is 2.64 bits per heavy atom. The number of benzene rings is 1. The Kier molecular flexibility index (Phi) is 10.2. The minimum atomic E-state index is -5.07. The number of fused-ring (bicyclic) bond motifs is 1. The molecule has 42 heavy (non-hydrogen) atoms. The van der Waals surface area contributed by atoms with Gasteiger partial charge in [0.1, 0.15) is 31.2 Å². The summed E-state index contributed by atoms with van der Waals surface area (Å²) in [5.74, 6) is -2.57. The number of esters is 1. The summed E-state index contributed by atoms with van der Waals surface area (Å²) in [4.78, 5) is 36.6. The molecule has 1 saturated heterocycles. The number of carbonyl (C=O) groups excluding carboxylic acids is 2. The summed E-state index contributed by atoms with van der Waals surface area (Å²) in [6.07, 6.45) is -4.55. The highest BCUT2D eigenvalue weighted by Crippen LogP contribution is 2.34. The summed E-state index contributed by atoms with van der Waals surface area (Å²) in [7, 11) is 0. The zero-order valence-corrected chi connectivity index (χ0v) is 23.1. The number of amides is 1. The van der Waals surface area contributed by atoms with Gasteiger partial charge < -0.3 is 30.0 Å². The predicted molar refractivity (Wildman–Crippen MR) is 143 cm³/mol. The zero-order chi connectivity index (χ0) is 30.3. The largest absolute Gasteiger partial charge is 0.471 e. The molecule has 0 saturated carbocycles. The molecular weight excluding hydrogens is 561 g/mol. The molecule has 4 atom stereocenters. The molecule has 15 heteroatoms. The molecule has 0 aliphatic carbocycles. The van der Waals surface area contributed by atoms with Crippen LogP contribution < -0.4 is 15.4 Å². The number of rotatable bonds is 13. The maximum atomic E-state index is 13.1. The molecule has 2 aromatic heterocycles. The number of alkyl halides is 3. The van der Waals surface area contributed by atoms with Crippen molar-refractivity contribution in [2.24, 2.45) is 0 Å². The van der Waals surface area contributed by atoms with E-state index in [2.05, 4.69) is 20.3 Å². The van der Waals surface area contributed by atoms with E-state index in [1.807, 2.05) is 42.6 Å². The van der Waals surface area contributed by atoms with E-state index in [0.717, 1.165) is 18.4 Å². The molecule has 0 spiro atoms. The minimum Gasteiger partial charge on any atom is -0.460 e. The number of aliphatic hydroxyl groups is 1. The van der Waals surface area contributed by atoms with Gasteiger partial charge in [-0.05, 0) is 18.4 Å². The molecule has 3 N–H and O–H groups in total. The maximum absolute atomic E-state index is 13.1. The third-order valence-electron chi connectivity index (χ3n) is 6.57. The zero-order valence-electron chi connectivity index (χ0n) is 23.1. The van der Waals surface area contributed by atoms with Gasteiger partial charge in [0.2, 0.25) is 0 Å². The van der Waals surface area contributed by atoms with Crippen LogP contribution in [0.3, 0.4) is 0 Å². The fourth-order valence-corrected chi connectivity index (χ4v) is 4.55. The molecule has 4 rings (SSSR count). The fraction of sp³-hybridized carbons (Fsp3) is 0.519. The van der Waals surface area contributed by atoms with Crippen molar-refractivity contribution in [1.29, 1.82) is 0 Å². The van der Waals surface area contributed by atoms with Gasteiger partial charge in [-0.25, -0.2) is 4.98 Å². The van der Waals surface area contributed by atoms with E-state index in [0.29, 0.717) is 6.42 Å². The third-order valence-corrected chi connectivity index (χ3v) is 6.57. The topological polar surface area (TPSA) is 150 Å². The number of halogens is 3. The molecule has 228 valence electrons. The monoisotopic (exact) mass is 594 g/mol. The van der Waals surface area contributed by atoms with Crippen LogP contribution in [0.2, 0.25) is 0 Å². The van der Waals surface area contributed by atoms with Crippen molar-refractivity contribution < 1.29 is 42.1 Å². The van der Waals surface area contributed by atoms with Crippen LogP contribution in [-0.4, -0.2) is 67.7 Å². The maximum Gasteiger partial charge on any atom is 0.471 e. The van der Waals surface area contributed by atoms with Crippen molar-refractivity contribution in [2.45, 2.75) is 83.3 Å². The number of hydrogen-bond donors (Lipinski definition) is 3. The molecule has 1 aromatic carbocycles. The molecule has 0 bridgehead atoms. The lowest BCUT2D eigenvalue weighted by Crippen LogP contribution is -2.46. The molecule has 1 fully saturated rings. The first-order valence-corrected chi connectivity index (χ1v) is 13.6. The standard InChI is InChI=1S/C27H33F3N6O6/c1-3-4-6-11-20(33-25(39)27(28,29)30)32-23-22-24(35-26(34-23)40-14-17-9-7-5-8-10-17)36(15-31-22)21-12-18(41-16(2)38)19(13-37)42-21/h5,7-10,15,18-21,37H,3-4,6,11-14H2,1-2H3,(H,33,39)(H,32,34,35)/t18?,19-,20?,21-/m1/s1. The number of nitrogens with zero attached hydrogens (tertiary/aromatic N) is 4. The van der Waals surface area contributed by atoms with Crippen LogP contribution in [-0.2, 0) is 25.7 Å². The number of nitrogens with one attached hydrogen (secondary N) is 2. The summed E-state index contributed by atoms with van der Waals surface area (Å²) < 4.78 is 57.9. The van der Waals surface area contributed by atoms with Gasteiger partial charge in [0.15, 0.2) is 17.0 Å². The van der Waals surface area contributed by atoms with Crippen LogP contribution in [0.25, 0.3) is 11.2 Å². The quantitative estimate of drug-likeness (QED) is 0.152. The van der Waals surface area contributed by atoms with E-state index >= 15 is 0 Å². The lowest BCUT2D eigenvalue weighted by atomic mass is 10.1. The van der Waals surface area contributed by atoms with Gasteiger partial charge in [0, 0.05) is 13.3 Å². The lowest BCUT2D eigenvalue weighted by molar-refractivity contribution is -0.174. The number of anilines is 1. The highest BCUT2D eigenvalue weighted by atomic mass is 19.4. The van der Waals surface area contributed by atoms with Gasteiger partial charge in [-0.15, -0.1) is 0 Å². The summed E-state index contributed by atoms with van der Waals surface area (Å²) in [6, 6.07) is 9.11. The first-order chi connectivity index (χ1) is 20.1. The van der Waals surface area contributed by atoms with E-state index in [4.69, 9.17) is 14.2 Å². The van der Waals surface area contributed by atoms with E-state index in [1.165, 1.54) is 13.3 Å². The van der Waals surface area contributed by atoms with Crippen LogP contribution in [0.15, 0.2) is 36.7 Å². The molecule has 2 unspecified atom stereocenters. The van der Waals surface area contributed by atoms with Crippen molar-refractivity contribution in [3.8, 4) is 6.01 Å². The number of unbranched alkanes of at least 4 members (excludes halogenated alkanes) is 2. The molecule has 1 aliphatic heterocycles. The van der Waals surface area contributed by atoms with E-state index in [1.54, 1.807) is 4.57 Å². The van der Waals surface area contributed by atoms with Crippen molar-refractivity contribution in [3.63, 3.8) is 0 Å². The van der Waals surface area contributed by atoms with Crippen molar-refractivity contribution in [1.82, 2.24) is 24.8 Å². The number of carbonyl (C=O) groups is 2. The lowest BCUT2D eigenvalue weighted by Gasteiger charge is -2.22. The number of aromatic nitrogens is 4. The highest BCUT2D eigenvalue weighted by molar-refractivity contribution is 5.85. The van der Waals surface area contributed by atoms with Gasteiger partial charge >= 0.3 is 24.1 Å². The van der Waals surface area contributed by atoms with Gasteiger partial charge in [-0.2, -0.15) is 23.1 Å². The Morgan fingerprint density at radius 1 is 1.21 bits per heavy atom. The molecule has 3 heterocycles. The minimum absolute atomic E-state index is 0.0408. The summed E-state index contributed by atoms with van der Waals surface area (Å²) in [5.41, 5.74) is 1.23. The van der Waals surface area contributed by atoms with Crippen molar-refractivity contribution in [2.75, 3.05) is 11.9 Å². The Hall–Kier alpha value is -3.98. The second kappa shape index (κ2) is 13.8. The Labute approximate surface area is 239 Å². The highest BCUT2D eigenvalue weighted by Gasteiger charge is 2.41. The van der Waals surface area contributed by atoms with Crippen LogP contribution in [0, 0.1) is 0 Å². The van der Waals surface area contributed by atoms with E-state index in [-0.39, 0.29) is 42.4 Å². The number of aliphatic hydroxyl groups excluding tert-OH is 1. The van der Waals surface area contributed by atoms with Gasteiger partial charge in [-0.1, -0.05) is 50.1 Å². The average Bonchev–Trinajstić information content (AvgIpc) is 3.55. The van der Waals surface area contributed by atoms with Gasteiger partial charge in [0.05, 0.1) is 12.9 Å². The van der Waals surface area contributed by atoms with Crippen LogP contribution in [0.5, 0.6) is 6.01 Å². The van der Waals surface area contributed by atoms with Crippen molar-refractivity contribution in [3.05, 3.63) is 42.2 Å². The molecular formula is C27H33F3N6O6. The Bertz CT molecular complexity index is 1360. The average molecular weight is 595 g/mol.